The molecule has 0 N–H and O–H groups in total. The van der Waals surface area contributed by atoms with Crippen molar-refractivity contribution in [3.8, 4) is 0 Å². The number of carbonyl (C=O) groups is 1. The summed E-state index contributed by atoms with van der Waals surface area (Å²) in [6.45, 7) is 0. The maximum absolute atomic E-state index is 14.6. The van der Waals surface area contributed by atoms with Gasteiger partial charge in [0.25, 0.3) is 0 Å². The summed E-state index contributed by atoms with van der Waals surface area (Å²) in [4.78, 5) is 11.1. The van der Waals surface area contributed by atoms with E-state index in [2.05, 4.69) is 0 Å². The maximum Gasteiger partial charge on any atom is 0.180 e. The minimum Gasteiger partial charge on any atom is -0.300 e. The molecule has 3 rings (SSSR count). The standard InChI is InChI=1S/C16H13FO/c17-15(12-18)11-16(15,13-7-3-1-4-8-13)14-9-5-2-6-10-14/h1-10,12H,11H2/t15-/m0/s1. The van der Waals surface area contributed by atoms with Crippen molar-refractivity contribution in [3.05, 3.63) is 71.8 Å². The molecule has 0 spiro atoms. The Bertz CT molecular complexity index is 525. The lowest BCUT2D eigenvalue weighted by atomic mass is 9.85. The molecule has 1 fully saturated rings. The Morgan fingerprint density at radius 1 is 0.889 bits per heavy atom. The molecule has 0 unspecified atom stereocenters. The summed E-state index contributed by atoms with van der Waals surface area (Å²) in [5.74, 6) is 0. The minimum atomic E-state index is -1.77. The van der Waals surface area contributed by atoms with E-state index < -0.39 is 11.1 Å². The zero-order chi connectivity index (χ0) is 12.6. The van der Waals surface area contributed by atoms with Crippen LogP contribution >= 0.6 is 0 Å². The predicted molar refractivity (Wildman–Crippen MR) is 68.2 cm³/mol. The topological polar surface area (TPSA) is 17.1 Å². The van der Waals surface area contributed by atoms with Gasteiger partial charge in [-0.15, -0.1) is 0 Å². The van der Waals surface area contributed by atoms with Crippen LogP contribution in [0.3, 0.4) is 0 Å². The van der Waals surface area contributed by atoms with E-state index in [0.29, 0.717) is 6.29 Å². The van der Waals surface area contributed by atoms with E-state index in [1.54, 1.807) is 0 Å². The number of benzene rings is 2. The first-order chi connectivity index (χ1) is 8.73. The third kappa shape index (κ3) is 1.35. The molecule has 0 amide bonds. The van der Waals surface area contributed by atoms with Crippen molar-refractivity contribution in [2.75, 3.05) is 0 Å². The highest BCUT2D eigenvalue weighted by Crippen LogP contribution is 2.63. The Balaban J connectivity index is 2.17. The van der Waals surface area contributed by atoms with Crippen molar-refractivity contribution in [1.82, 2.24) is 0 Å². The number of alkyl halides is 1. The normalized spacial score (nSPS) is 24.5. The van der Waals surface area contributed by atoms with E-state index in [1.165, 1.54) is 0 Å². The average Bonchev–Trinajstić information content (AvgIpc) is 3.09. The van der Waals surface area contributed by atoms with E-state index in [-0.39, 0.29) is 6.42 Å². The zero-order valence-corrected chi connectivity index (χ0v) is 9.84. The van der Waals surface area contributed by atoms with Crippen LogP contribution in [-0.2, 0) is 10.2 Å². The fourth-order valence-electron chi connectivity index (χ4n) is 2.78. The largest absolute Gasteiger partial charge is 0.300 e. The second-order valence-electron chi connectivity index (χ2n) is 4.79. The molecule has 1 atom stereocenters. The number of carbonyl (C=O) groups excluding carboxylic acids is 1. The van der Waals surface area contributed by atoms with Gasteiger partial charge >= 0.3 is 0 Å². The van der Waals surface area contributed by atoms with Crippen LogP contribution in [0.5, 0.6) is 0 Å². The van der Waals surface area contributed by atoms with Gasteiger partial charge in [-0.1, -0.05) is 60.7 Å². The molecule has 2 aromatic carbocycles. The summed E-state index contributed by atoms with van der Waals surface area (Å²) in [6.07, 6.45) is 0.685. The van der Waals surface area contributed by atoms with Crippen molar-refractivity contribution in [2.24, 2.45) is 0 Å². The molecular weight excluding hydrogens is 227 g/mol. The lowest BCUT2D eigenvalue weighted by Crippen LogP contribution is -2.22. The summed E-state index contributed by atoms with van der Waals surface area (Å²) in [5, 5.41) is 0. The Labute approximate surface area is 105 Å². The van der Waals surface area contributed by atoms with Gasteiger partial charge in [-0.05, 0) is 11.1 Å². The van der Waals surface area contributed by atoms with Gasteiger partial charge in [-0.2, -0.15) is 0 Å². The molecule has 0 aliphatic heterocycles. The first-order valence-corrected chi connectivity index (χ1v) is 5.99. The van der Waals surface area contributed by atoms with Crippen molar-refractivity contribution in [2.45, 2.75) is 17.5 Å². The molecule has 0 saturated heterocycles. The summed E-state index contributed by atoms with van der Waals surface area (Å²) >= 11 is 0. The Kier molecular flexibility index (Phi) is 2.34. The summed E-state index contributed by atoms with van der Waals surface area (Å²) in [6, 6.07) is 18.8. The lowest BCUT2D eigenvalue weighted by Gasteiger charge is -2.18. The van der Waals surface area contributed by atoms with Gasteiger partial charge in [0.2, 0.25) is 0 Å². The predicted octanol–water partition coefficient (Wildman–Crippen LogP) is 3.28. The molecule has 90 valence electrons. The number of halogens is 1. The Hall–Kier alpha value is -1.96. The zero-order valence-electron chi connectivity index (χ0n) is 9.84. The number of aldehydes is 1. The van der Waals surface area contributed by atoms with Gasteiger partial charge < -0.3 is 0 Å². The molecule has 1 aliphatic rings. The third-order valence-corrected chi connectivity index (χ3v) is 3.83. The highest BCUT2D eigenvalue weighted by Gasteiger charge is 2.71. The molecular formula is C16H13FO. The molecule has 2 heteroatoms. The van der Waals surface area contributed by atoms with Crippen LogP contribution in [0.1, 0.15) is 17.5 Å². The van der Waals surface area contributed by atoms with Crippen molar-refractivity contribution in [3.63, 3.8) is 0 Å². The van der Waals surface area contributed by atoms with E-state index in [0.717, 1.165) is 11.1 Å². The number of rotatable bonds is 3. The van der Waals surface area contributed by atoms with Gasteiger partial charge in [0.05, 0.1) is 5.41 Å². The Morgan fingerprint density at radius 3 is 1.67 bits per heavy atom. The second kappa shape index (κ2) is 3.77. The number of hydrogen-bond acceptors (Lipinski definition) is 1. The van der Waals surface area contributed by atoms with Crippen LogP contribution in [0.15, 0.2) is 60.7 Å². The average molecular weight is 240 g/mol. The van der Waals surface area contributed by atoms with Gasteiger partial charge in [0.1, 0.15) is 0 Å². The van der Waals surface area contributed by atoms with Crippen LogP contribution in [0.4, 0.5) is 4.39 Å². The molecule has 1 aliphatic carbocycles. The molecule has 2 aromatic rings. The highest BCUT2D eigenvalue weighted by atomic mass is 19.1. The lowest BCUT2D eigenvalue weighted by molar-refractivity contribution is -0.113. The van der Waals surface area contributed by atoms with Crippen LogP contribution in [0, 0.1) is 0 Å². The van der Waals surface area contributed by atoms with Crippen LogP contribution in [-0.4, -0.2) is 12.0 Å². The molecule has 0 aromatic heterocycles. The van der Waals surface area contributed by atoms with E-state index in [1.807, 2.05) is 60.7 Å². The van der Waals surface area contributed by atoms with Gasteiger partial charge in [-0.3, -0.25) is 4.79 Å². The molecule has 0 bridgehead atoms. The van der Waals surface area contributed by atoms with Crippen molar-refractivity contribution < 1.29 is 9.18 Å². The maximum atomic E-state index is 14.6. The van der Waals surface area contributed by atoms with Crippen molar-refractivity contribution in [1.29, 1.82) is 0 Å². The van der Waals surface area contributed by atoms with Crippen molar-refractivity contribution >= 4 is 6.29 Å². The summed E-state index contributed by atoms with van der Waals surface area (Å²) < 4.78 is 14.6. The van der Waals surface area contributed by atoms with E-state index in [9.17, 15) is 9.18 Å². The van der Waals surface area contributed by atoms with Gasteiger partial charge in [0, 0.05) is 6.42 Å². The van der Waals surface area contributed by atoms with E-state index in [4.69, 9.17) is 0 Å². The molecule has 18 heavy (non-hydrogen) atoms. The molecule has 0 heterocycles. The Morgan fingerprint density at radius 2 is 1.33 bits per heavy atom. The summed E-state index contributed by atoms with van der Waals surface area (Å²) in [7, 11) is 0. The monoisotopic (exact) mass is 240 g/mol. The van der Waals surface area contributed by atoms with Crippen LogP contribution in [0.25, 0.3) is 0 Å². The smallest absolute Gasteiger partial charge is 0.180 e. The van der Waals surface area contributed by atoms with E-state index >= 15 is 0 Å². The SMILES string of the molecule is O=C[C@@]1(F)CC1(c1ccccc1)c1ccccc1. The fourth-order valence-corrected chi connectivity index (χ4v) is 2.78. The number of hydrogen-bond donors (Lipinski definition) is 0. The first-order valence-electron chi connectivity index (χ1n) is 5.99. The molecule has 0 radical (unpaired) electrons. The highest BCUT2D eigenvalue weighted by molar-refractivity contribution is 5.77. The van der Waals surface area contributed by atoms with Crippen LogP contribution < -0.4 is 0 Å². The summed E-state index contributed by atoms with van der Waals surface area (Å²) in [5.41, 5.74) is -0.830. The van der Waals surface area contributed by atoms with Gasteiger partial charge in [0.15, 0.2) is 12.0 Å². The third-order valence-electron chi connectivity index (χ3n) is 3.83. The molecule has 1 nitrogen and oxygen atoms in total. The minimum absolute atomic E-state index is 0.234. The first kappa shape index (κ1) is 11.1. The van der Waals surface area contributed by atoms with Gasteiger partial charge in [-0.25, -0.2) is 4.39 Å². The second-order valence-corrected chi connectivity index (χ2v) is 4.79. The fraction of sp³-hybridized carbons (Fsp3) is 0.188. The molecule has 1 saturated carbocycles. The van der Waals surface area contributed by atoms with Crippen LogP contribution in [0.2, 0.25) is 0 Å². The quantitative estimate of drug-likeness (QED) is 0.752.